The van der Waals surface area contributed by atoms with E-state index in [1.54, 1.807) is 6.07 Å². The van der Waals surface area contributed by atoms with Crippen molar-refractivity contribution < 1.29 is 13.5 Å². The fourth-order valence-electron chi connectivity index (χ4n) is 1.15. The Kier molecular flexibility index (Phi) is 5.11. The molecule has 0 saturated carbocycles. The molecular weight excluding hydrogens is 268 g/mol. The predicted octanol–water partition coefficient (Wildman–Crippen LogP) is 1.84. The largest absolute Gasteiger partial charge is 0.391 e. The van der Waals surface area contributed by atoms with Gasteiger partial charge in [-0.05, 0) is 12.1 Å². The van der Waals surface area contributed by atoms with E-state index < -0.39 is 15.9 Å². The smallest absolute Gasteiger partial charge is 0.150 e. The first-order chi connectivity index (χ1) is 7.38. The zero-order valence-corrected chi connectivity index (χ0v) is 11.1. The van der Waals surface area contributed by atoms with Crippen LogP contribution in [0.2, 0.25) is 5.02 Å². The van der Waals surface area contributed by atoms with Crippen LogP contribution in [0.15, 0.2) is 29.2 Å². The molecule has 0 amide bonds. The van der Waals surface area contributed by atoms with E-state index in [1.807, 2.05) is 18.2 Å². The fraction of sp³-hybridized carbons (Fsp3) is 0.400. The highest BCUT2D eigenvalue weighted by molar-refractivity contribution is 7.99. The molecule has 1 rings (SSSR count). The quantitative estimate of drug-likeness (QED) is 0.836. The Morgan fingerprint density at radius 1 is 1.44 bits per heavy atom. The Hall–Kier alpha value is -0.230. The van der Waals surface area contributed by atoms with Crippen molar-refractivity contribution in [2.24, 2.45) is 0 Å². The van der Waals surface area contributed by atoms with E-state index in [-0.39, 0.29) is 5.75 Å². The molecule has 0 fully saturated rings. The summed E-state index contributed by atoms with van der Waals surface area (Å²) >= 11 is 7.27. The Labute approximate surface area is 105 Å². The summed E-state index contributed by atoms with van der Waals surface area (Å²) in [6, 6.07) is 7.25. The first-order valence-corrected chi connectivity index (χ1v) is 8.04. The minimum Gasteiger partial charge on any atom is -0.391 e. The molecule has 0 bridgehead atoms. The highest BCUT2D eigenvalue weighted by atomic mass is 35.5. The van der Waals surface area contributed by atoms with Gasteiger partial charge in [0.25, 0.3) is 0 Å². The maximum Gasteiger partial charge on any atom is 0.150 e. The van der Waals surface area contributed by atoms with Crippen molar-refractivity contribution in [2.75, 3.05) is 17.8 Å². The van der Waals surface area contributed by atoms with Gasteiger partial charge >= 0.3 is 0 Å². The van der Waals surface area contributed by atoms with E-state index in [0.29, 0.717) is 10.8 Å². The molecule has 0 radical (unpaired) electrons. The monoisotopic (exact) mass is 280 g/mol. The topological polar surface area (TPSA) is 54.4 Å². The molecule has 1 aromatic rings. The van der Waals surface area contributed by atoms with Gasteiger partial charge in [0.1, 0.15) is 9.84 Å². The summed E-state index contributed by atoms with van der Waals surface area (Å²) in [5.41, 5.74) is 0. The molecule has 0 heterocycles. The third-order valence-electron chi connectivity index (χ3n) is 1.76. The van der Waals surface area contributed by atoms with Gasteiger partial charge in [0, 0.05) is 16.9 Å². The van der Waals surface area contributed by atoms with E-state index in [4.69, 9.17) is 11.6 Å². The molecule has 0 aliphatic heterocycles. The number of aliphatic hydroxyl groups excluding tert-OH is 1. The second-order valence-corrected chi connectivity index (χ2v) is 7.14. The summed E-state index contributed by atoms with van der Waals surface area (Å²) < 4.78 is 21.8. The first kappa shape index (κ1) is 13.8. The first-order valence-electron chi connectivity index (χ1n) is 4.61. The Morgan fingerprint density at radius 2 is 2.06 bits per heavy atom. The van der Waals surface area contributed by atoms with Crippen molar-refractivity contribution in [3.63, 3.8) is 0 Å². The molecule has 90 valence electrons. The van der Waals surface area contributed by atoms with Crippen molar-refractivity contribution in [3.05, 3.63) is 29.3 Å². The number of hydrogen-bond donors (Lipinski definition) is 1. The molecule has 0 aliphatic carbocycles. The van der Waals surface area contributed by atoms with E-state index in [9.17, 15) is 13.5 Å². The lowest BCUT2D eigenvalue weighted by Gasteiger charge is -2.09. The number of aliphatic hydroxyl groups is 1. The van der Waals surface area contributed by atoms with Crippen LogP contribution in [-0.2, 0) is 9.84 Å². The van der Waals surface area contributed by atoms with Crippen LogP contribution in [0.5, 0.6) is 0 Å². The van der Waals surface area contributed by atoms with Gasteiger partial charge in [-0.25, -0.2) is 8.42 Å². The zero-order chi connectivity index (χ0) is 12.2. The molecular formula is C10H13ClO3S2. The normalized spacial score (nSPS) is 13.7. The summed E-state index contributed by atoms with van der Waals surface area (Å²) in [7, 11) is -3.13. The van der Waals surface area contributed by atoms with Crippen LogP contribution in [0, 0.1) is 0 Å². The predicted molar refractivity (Wildman–Crippen MR) is 67.9 cm³/mol. The van der Waals surface area contributed by atoms with Crippen LogP contribution in [0.3, 0.4) is 0 Å². The van der Waals surface area contributed by atoms with Crippen LogP contribution >= 0.6 is 23.4 Å². The van der Waals surface area contributed by atoms with Gasteiger partial charge in [-0.15, -0.1) is 11.8 Å². The maximum absolute atomic E-state index is 10.9. The van der Waals surface area contributed by atoms with Crippen LogP contribution in [0.4, 0.5) is 0 Å². The highest BCUT2D eigenvalue weighted by Gasteiger charge is 2.13. The van der Waals surface area contributed by atoms with Gasteiger partial charge < -0.3 is 5.11 Å². The molecule has 1 unspecified atom stereocenters. The molecule has 0 aliphatic rings. The van der Waals surface area contributed by atoms with E-state index in [1.165, 1.54) is 11.8 Å². The minimum atomic E-state index is -3.13. The average Bonchev–Trinajstić information content (AvgIpc) is 2.14. The fourth-order valence-corrected chi connectivity index (χ4v) is 3.28. The Bertz CT molecular complexity index is 445. The van der Waals surface area contributed by atoms with Crippen LogP contribution < -0.4 is 0 Å². The molecule has 1 aromatic carbocycles. The van der Waals surface area contributed by atoms with Gasteiger partial charge in [-0.3, -0.25) is 0 Å². The van der Waals surface area contributed by atoms with Gasteiger partial charge in [0.2, 0.25) is 0 Å². The lowest BCUT2D eigenvalue weighted by atomic mass is 10.4. The van der Waals surface area contributed by atoms with E-state index >= 15 is 0 Å². The minimum absolute atomic E-state index is 0.218. The molecule has 0 spiro atoms. The summed E-state index contributed by atoms with van der Waals surface area (Å²) in [5, 5.41) is 10.1. The lowest BCUT2D eigenvalue weighted by Crippen LogP contribution is -2.21. The van der Waals surface area contributed by atoms with Crippen LogP contribution in [0.25, 0.3) is 0 Å². The van der Waals surface area contributed by atoms with Crippen molar-refractivity contribution >= 4 is 33.2 Å². The van der Waals surface area contributed by atoms with Gasteiger partial charge in [0.15, 0.2) is 0 Å². The molecule has 0 saturated heterocycles. The number of rotatable bonds is 5. The van der Waals surface area contributed by atoms with Crippen LogP contribution in [0.1, 0.15) is 0 Å². The lowest BCUT2D eigenvalue weighted by molar-refractivity contribution is 0.223. The molecule has 0 aromatic heterocycles. The van der Waals surface area contributed by atoms with Gasteiger partial charge in [-0.2, -0.15) is 0 Å². The summed E-state index contributed by atoms with van der Waals surface area (Å²) in [6.45, 7) is 0. The maximum atomic E-state index is 10.9. The molecule has 16 heavy (non-hydrogen) atoms. The standard InChI is InChI=1S/C10H13ClO3S2/c1-16(13,14)7-8(12)6-15-10-5-3-2-4-9(10)11/h2-5,8,12H,6-7H2,1H3. The van der Waals surface area contributed by atoms with Crippen molar-refractivity contribution in [2.45, 2.75) is 11.0 Å². The van der Waals surface area contributed by atoms with Crippen molar-refractivity contribution in [3.8, 4) is 0 Å². The average molecular weight is 281 g/mol. The number of halogens is 1. The zero-order valence-electron chi connectivity index (χ0n) is 8.76. The molecule has 6 heteroatoms. The SMILES string of the molecule is CS(=O)(=O)CC(O)CSc1ccccc1Cl. The molecule has 1 N–H and O–H groups in total. The van der Waals surface area contributed by atoms with Gasteiger partial charge in [-0.1, -0.05) is 23.7 Å². The highest BCUT2D eigenvalue weighted by Crippen LogP contribution is 2.27. The summed E-state index contributed by atoms with van der Waals surface area (Å²) in [6.07, 6.45) is 0.243. The summed E-state index contributed by atoms with van der Waals surface area (Å²) in [4.78, 5) is 0.844. The van der Waals surface area contributed by atoms with Crippen molar-refractivity contribution in [1.82, 2.24) is 0 Å². The second-order valence-electron chi connectivity index (χ2n) is 3.49. The number of benzene rings is 1. The number of hydrogen-bond acceptors (Lipinski definition) is 4. The Balaban J connectivity index is 2.49. The van der Waals surface area contributed by atoms with E-state index in [0.717, 1.165) is 11.2 Å². The van der Waals surface area contributed by atoms with Crippen LogP contribution in [-0.4, -0.2) is 37.4 Å². The molecule has 1 atom stereocenters. The third kappa shape index (κ3) is 5.21. The third-order valence-corrected chi connectivity index (χ3v) is 4.41. The molecule has 3 nitrogen and oxygen atoms in total. The second kappa shape index (κ2) is 5.91. The van der Waals surface area contributed by atoms with Gasteiger partial charge in [0.05, 0.1) is 16.9 Å². The van der Waals surface area contributed by atoms with Crippen molar-refractivity contribution in [1.29, 1.82) is 0 Å². The van der Waals surface area contributed by atoms with E-state index in [2.05, 4.69) is 0 Å². The Morgan fingerprint density at radius 3 is 2.62 bits per heavy atom. The summed E-state index contributed by atoms with van der Waals surface area (Å²) in [5.74, 6) is 0.0985. The number of thioether (sulfide) groups is 1. The number of sulfone groups is 1.